The Morgan fingerprint density at radius 3 is 2.66 bits per heavy atom. The number of nitrogens with zero attached hydrogens (tertiary/aromatic N) is 6. The van der Waals surface area contributed by atoms with Gasteiger partial charge in [-0.2, -0.15) is 10.2 Å². The molecule has 29 heavy (non-hydrogen) atoms. The van der Waals surface area contributed by atoms with Crippen molar-refractivity contribution < 1.29 is 0 Å². The Balaban J connectivity index is 1.86. The van der Waals surface area contributed by atoms with Gasteiger partial charge in [-0.3, -0.25) is 0 Å². The van der Waals surface area contributed by atoms with Crippen molar-refractivity contribution in [1.82, 2.24) is 29.4 Å². The third-order valence-corrected chi connectivity index (χ3v) is 4.92. The fourth-order valence-corrected chi connectivity index (χ4v) is 3.32. The van der Waals surface area contributed by atoms with Gasteiger partial charge >= 0.3 is 0 Å². The summed E-state index contributed by atoms with van der Waals surface area (Å²) >= 11 is 0. The van der Waals surface area contributed by atoms with Crippen LogP contribution in [0.3, 0.4) is 0 Å². The zero-order valence-corrected chi connectivity index (χ0v) is 17.9. The van der Waals surface area contributed by atoms with Crippen molar-refractivity contribution in [2.45, 2.75) is 59.9 Å². The molecule has 3 aromatic rings. The number of aryl methyl sites for hydroxylation is 5. The molecule has 0 bridgehead atoms. The molecule has 6 heteroatoms. The Kier molecular flexibility index (Phi) is 6.75. The summed E-state index contributed by atoms with van der Waals surface area (Å²) in [5.41, 5.74) is 4.27. The molecule has 0 radical (unpaired) electrons. The molecular formula is C23H30N6. The molecule has 0 aliphatic carbocycles. The number of fused-ring (bicyclic) bond motifs is 1. The minimum Gasteiger partial charge on any atom is -0.249 e. The van der Waals surface area contributed by atoms with E-state index >= 15 is 0 Å². The first-order valence-electron chi connectivity index (χ1n) is 10.3. The molecule has 152 valence electrons. The van der Waals surface area contributed by atoms with Crippen molar-refractivity contribution in [3.63, 3.8) is 0 Å². The fraction of sp³-hybridized carbons (Fsp3) is 0.391. The molecule has 0 saturated carbocycles. The SMILES string of the molecule is C=C/C=C\C(=C/C)c1nc(CCc2nc3c(CC)ccc(C)n3n2)n(CCC)n1. The van der Waals surface area contributed by atoms with Crippen LogP contribution in [-0.4, -0.2) is 29.4 Å². The van der Waals surface area contributed by atoms with Gasteiger partial charge in [-0.05, 0) is 38.3 Å². The fourth-order valence-electron chi connectivity index (χ4n) is 3.32. The van der Waals surface area contributed by atoms with Crippen LogP contribution in [0.15, 0.2) is 43.0 Å². The van der Waals surface area contributed by atoms with Crippen molar-refractivity contribution in [3.05, 3.63) is 71.7 Å². The molecule has 0 aromatic carbocycles. The van der Waals surface area contributed by atoms with Crippen LogP contribution < -0.4 is 0 Å². The van der Waals surface area contributed by atoms with Crippen molar-refractivity contribution in [1.29, 1.82) is 0 Å². The number of allylic oxidation sites excluding steroid dienone is 5. The maximum absolute atomic E-state index is 4.81. The molecule has 3 heterocycles. The zero-order chi connectivity index (χ0) is 20.8. The summed E-state index contributed by atoms with van der Waals surface area (Å²) in [5, 5.41) is 9.45. The summed E-state index contributed by atoms with van der Waals surface area (Å²) in [6.45, 7) is 12.9. The lowest BCUT2D eigenvalue weighted by Crippen LogP contribution is -2.07. The smallest absolute Gasteiger partial charge is 0.181 e. The van der Waals surface area contributed by atoms with Gasteiger partial charge in [0.2, 0.25) is 0 Å². The molecule has 0 spiro atoms. The summed E-state index contributed by atoms with van der Waals surface area (Å²) in [6, 6.07) is 4.24. The van der Waals surface area contributed by atoms with E-state index in [4.69, 9.17) is 20.2 Å². The molecule has 3 rings (SSSR count). The van der Waals surface area contributed by atoms with Gasteiger partial charge in [-0.15, -0.1) is 0 Å². The molecule has 0 saturated heterocycles. The van der Waals surface area contributed by atoms with Gasteiger partial charge < -0.3 is 0 Å². The quantitative estimate of drug-likeness (QED) is 0.504. The monoisotopic (exact) mass is 390 g/mol. The molecule has 0 aliphatic heterocycles. The van der Waals surface area contributed by atoms with E-state index in [-0.39, 0.29) is 0 Å². The Hall–Kier alpha value is -3.02. The first kappa shape index (κ1) is 20.7. The molecule has 0 aliphatic rings. The van der Waals surface area contributed by atoms with Gasteiger partial charge in [0.25, 0.3) is 0 Å². The van der Waals surface area contributed by atoms with Crippen LogP contribution in [0.4, 0.5) is 0 Å². The predicted molar refractivity (Wildman–Crippen MR) is 118 cm³/mol. The summed E-state index contributed by atoms with van der Waals surface area (Å²) in [7, 11) is 0. The third kappa shape index (κ3) is 4.53. The van der Waals surface area contributed by atoms with Crippen molar-refractivity contribution in [2.75, 3.05) is 0 Å². The van der Waals surface area contributed by atoms with E-state index in [1.807, 2.05) is 34.3 Å². The van der Waals surface area contributed by atoms with Crippen LogP contribution in [0, 0.1) is 6.92 Å². The largest absolute Gasteiger partial charge is 0.249 e. The van der Waals surface area contributed by atoms with E-state index < -0.39 is 0 Å². The molecule has 3 aromatic heterocycles. The number of hydrogen-bond acceptors (Lipinski definition) is 4. The Bertz CT molecular complexity index is 1050. The Labute approximate surface area is 172 Å². The summed E-state index contributed by atoms with van der Waals surface area (Å²) in [6.07, 6.45) is 11.1. The lowest BCUT2D eigenvalue weighted by molar-refractivity contribution is 0.564. The maximum atomic E-state index is 4.81. The first-order chi connectivity index (χ1) is 14.1. The lowest BCUT2D eigenvalue weighted by atomic mass is 10.2. The first-order valence-corrected chi connectivity index (χ1v) is 10.3. The van der Waals surface area contributed by atoms with Crippen molar-refractivity contribution >= 4 is 11.2 Å². The van der Waals surface area contributed by atoms with Crippen LogP contribution in [-0.2, 0) is 25.8 Å². The highest BCUT2D eigenvalue weighted by atomic mass is 15.3. The normalized spacial score (nSPS) is 12.3. The Morgan fingerprint density at radius 1 is 1.14 bits per heavy atom. The van der Waals surface area contributed by atoms with Gasteiger partial charge in [-0.25, -0.2) is 19.2 Å². The van der Waals surface area contributed by atoms with Gasteiger partial charge in [0.15, 0.2) is 17.3 Å². The zero-order valence-electron chi connectivity index (χ0n) is 17.9. The van der Waals surface area contributed by atoms with E-state index in [1.165, 1.54) is 5.56 Å². The molecular weight excluding hydrogens is 360 g/mol. The van der Waals surface area contributed by atoms with Crippen LogP contribution in [0.1, 0.15) is 55.9 Å². The molecule has 6 nitrogen and oxygen atoms in total. The second kappa shape index (κ2) is 9.45. The van der Waals surface area contributed by atoms with Crippen LogP contribution in [0.2, 0.25) is 0 Å². The van der Waals surface area contributed by atoms with Crippen molar-refractivity contribution in [2.24, 2.45) is 0 Å². The molecule has 0 N–H and O–H groups in total. The van der Waals surface area contributed by atoms with E-state index in [0.29, 0.717) is 0 Å². The molecule has 0 amide bonds. The average Bonchev–Trinajstić information content (AvgIpc) is 3.33. The second-order valence-corrected chi connectivity index (χ2v) is 7.03. The van der Waals surface area contributed by atoms with Crippen LogP contribution in [0.5, 0.6) is 0 Å². The van der Waals surface area contributed by atoms with E-state index in [0.717, 1.165) is 66.6 Å². The van der Waals surface area contributed by atoms with Crippen molar-refractivity contribution in [3.8, 4) is 0 Å². The average molecular weight is 391 g/mol. The van der Waals surface area contributed by atoms with Crippen LogP contribution >= 0.6 is 0 Å². The van der Waals surface area contributed by atoms with Gasteiger partial charge in [0.1, 0.15) is 5.82 Å². The van der Waals surface area contributed by atoms with Gasteiger partial charge in [0, 0.05) is 30.7 Å². The summed E-state index contributed by atoms with van der Waals surface area (Å²) in [4.78, 5) is 9.60. The Morgan fingerprint density at radius 2 is 1.97 bits per heavy atom. The minimum atomic E-state index is 0.736. The highest BCUT2D eigenvalue weighted by Gasteiger charge is 2.14. The summed E-state index contributed by atoms with van der Waals surface area (Å²) < 4.78 is 3.97. The molecule has 0 unspecified atom stereocenters. The molecule has 0 atom stereocenters. The highest BCUT2D eigenvalue weighted by Crippen LogP contribution is 2.16. The van der Waals surface area contributed by atoms with Gasteiger partial charge in [-0.1, -0.05) is 50.8 Å². The maximum Gasteiger partial charge on any atom is 0.181 e. The van der Waals surface area contributed by atoms with Crippen LogP contribution in [0.25, 0.3) is 11.2 Å². The molecule has 0 fully saturated rings. The van der Waals surface area contributed by atoms with E-state index in [2.05, 4.69) is 39.5 Å². The third-order valence-electron chi connectivity index (χ3n) is 4.92. The second-order valence-electron chi connectivity index (χ2n) is 7.03. The lowest BCUT2D eigenvalue weighted by Gasteiger charge is -2.02. The standard InChI is InChI=1S/C23H30N6/c1-6-10-11-18(8-3)22-25-21(28(27-22)16-7-2)15-14-20-24-23-19(9-4)13-12-17(5)29(23)26-20/h6,8,10-13H,1,7,9,14-16H2,2-5H3/b11-10-,18-8+. The highest BCUT2D eigenvalue weighted by molar-refractivity contribution is 5.69. The number of hydrogen-bond donors (Lipinski definition) is 0. The predicted octanol–water partition coefficient (Wildman–Crippen LogP) is 4.53. The van der Waals surface area contributed by atoms with E-state index in [9.17, 15) is 0 Å². The summed E-state index contributed by atoms with van der Waals surface area (Å²) in [5.74, 6) is 2.57. The number of pyridine rings is 1. The van der Waals surface area contributed by atoms with Gasteiger partial charge in [0.05, 0.1) is 0 Å². The number of rotatable bonds is 9. The number of aromatic nitrogens is 6. The minimum absolute atomic E-state index is 0.736. The topological polar surface area (TPSA) is 60.9 Å². The van der Waals surface area contributed by atoms with E-state index in [1.54, 1.807) is 6.08 Å².